The third-order valence-electron chi connectivity index (χ3n) is 1.24. The number of hydrogen-bond acceptors (Lipinski definition) is 4. The van der Waals surface area contributed by atoms with Crippen LogP contribution in [0.2, 0.25) is 0 Å². The molecule has 0 aliphatic rings. The molecule has 0 atom stereocenters. The van der Waals surface area contributed by atoms with Gasteiger partial charge in [0.1, 0.15) is 0 Å². The fourth-order valence-corrected chi connectivity index (χ4v) is 0.656. The highest BCUT2D eigenvalue weighted by molar-refractivity contribution is 5.77. The van der Waals surface area contributed by atoms with Crippen LogP contribution in [0.4, 0.5) is 8.78 Å². The smallest absolute Gasteiger partial charge is 0.378 e. The van der Waals surface area contributed by atoms with E-state index in [1.54, 1.807) is 0 Å². The Morgan fingerprint density at radius 2 is 2.23 bits per heavy atom. The molecule has 78 valence electrons. The summed E-state index contributed by atoms with van der Waals surface area (Å²) in [4.78, 5) is 10.6. The summed E-state index contributed by atoms with van der Waals surface area (Å²) in [5.41, 5.74) is 5.07. The zero-order chi connectivity index (χ0) is 10.3. The predicted octanol–water partition coefficient (Wildman–Crippen LogP) is -0.267. The van der Waals surface area contributed by atoms with Crippen molar-refractivity contribution in [1.29, 1.82) is 0 Å². The maximum atomic E-state index is 12.7. The quantitative estimate of drug-likeness (QED) is 0.453. The number of halogens is 2. The molecule has 0 spiro atoms. The molecule has 0 aromatic rings. The normalized spacial score (nSPS) is 11.4. The van der Waals surface area contributed by atoms with Crippen molar-refractivity contribution < 1.29 is 18.3 Å². The van der Waals surface area contributed by atoms with Crippen molar-refractivity contribution in [1.82, 2.24) is 5.32 Å². The number of nitrogens with two attached hydrogens (primary N) is 1. The van der Waals surface area contributed by atoms with Gasteiger partial charge in [0, 0.05) is 13.1 Å². The average Bonchev–Trinajstić information content (AvgIpc) is 2.05. The van der Waals surface area contributed by atoms with Crippen LogP contribution in [0.5, 0.6) is 0 Å². The molecule has 0 fully saturated rings. The van der Waals surface area contributed by atoms with Crippen molar-refractivity contribution in [2.45, 2.75) is 12.8 Å². The van der Waals surface area contributed by atoms with Crippen molar-refractivity contribution >= 4 is 5.97 Å². The van der Waals surface area contributed by atoms with E-state index in [9.17, 15) is 13.6 Å². The van der Waals surface area contributed by atoms with Gasteiger partial charge in [0.15, 0.2) is 0 Å². The third-order valence-corrected chi connectivity index (χ3v) is 1.24. The summed E-state index contributed by atoms with van der Waals surface area (Å²) in [5.74, 6) is -4.97. The van der Waals surface area contributed by atoms with Crippen LogP contribution in [0.1, 0.15) is 6.92 Å². The summed E-state index contributed by atoms with van der Waals surface area (Å²) in [6, 6.07) is 0. The molecular weight excluding hydrogens is 182 g/mol. The van der Waals surface area contributed by atoms with Gasteiger partial charge in [-0.05, 0) is 6.92 Å². The lowest BCUT2D eigenvalue weighted by Gasteiger charge is -2.14. The Morgan fingerprint density at radius 1 is 1.62 bits per heavy atom. The number of alkyl halides is 2. The van der Waals surface area contributed by atoms with E-state index in [0.29, 0.717) is 0 Å². The monoisotopic (exact) mass is 196 g/mol. The maximum absolute atomic E-state index is 12.7. The van der Waals surface area contributed by atoms with Crippen LogP contribution in [-0.2, 0) is 9.53 Å². The highest BCUT2D eigenvalue weighted by atomic mass is 19.3. The van der Waals surface area contributed by atoms with Crippen molar-refractivity contribution in [2.75, 3.05) is 26.2 Å². The van der Waals surface area contributed by atoms with E-state index in [-0.39, 0.29) is 19.7 Å². The Hall–Kier alpha value is -0.750. The number of esters is 1. The molecule has 6 heteroatoms. The molecule has 13 heavy (non-hydrogen) atoms. The topological polar surface area (TPSA) is 64.3 Å². The number of carbonyl (C=O) groups is 1. The minimum atomic E-state index is -3.47. The van der Waals surface area contributed by atoms with Gasteiger partial charge in [-0.1, -0.05) is 0 Å². The van der Waals surface area contributed by atoms with E-state index in [0.717, 1.165) is 0 Å². The van der Waals surface area contributed by atoms with E-state index in [1.807, 2.05) is 0 Å². The Morgan fingerprint density at radius 3 is 2.69 bits per heavy atom. The highest BCUT2D eigenvalue weighted by Crippen LogP contribution is 2.13. The molecule has 0 aromatic carbocycles. The molecule has 0 aliphatic carbocycles. The second-order valence-electron chi connectivity index (χ2n) is 2.39. The molecule has 0 aliphatic heterocycles. The molecule has 0 bridgehead atoms. The molecule has 0 radical (unpaired) electrons. The average molecular weight is 196 g/mol. The number of carbonyl (C=O) groups excluding carboxylic acids is 1. The van der Waals surface area contributed by atoms with Gasteiger partial charge >= 0.3 is 11.9 Å². The van der Waals surface area contributed by atoms with Crippen molar-refractivity contribution in [3.8, 4) is 0 Å². The lowest BCUT2D eigenvalue weighted by molar-refractivity contribution is -0.170. The van der Waals surface area contributed by atoms with Crippen LogP contribution >= 0.6 is 0 Å². The van der Waals surface area contributed by atoms with Crippen LogP contribution < -0.4 is 11.1 Å². The van der Waals surface area contributed by atoms with Gasteiger partial charge in [0.25, 0.3) is 0 Å². The zero-order valence-electron chi connectivity index (χ0n) is 7.48. The molecule has 0 rings (SSSR count). The summed E-state index contributed by atoms with van der Waals surface area (Å²) in [7, 11) is 0. The zero-order valence-corrected chi connectivity index (χ0v) is 7.48. The first-order valence-electron chi connectivity index (χ1n) is 4.00. The molecular formula is C7H14F2N2O2. The van der Waals surface area contributed by atoms with Gasteiger partial charge < -0.3 is 15.8 Å². The molecule has 0 amide bonds. The lowest BCUT2D eigenvalue weighted by Crippen LogP contribution is -2.42. The number of nitrogens with one attached hydrogen (secondary N) is 1. The Bertz CT molecular complexity index is 165. The first-order valence-corrected chi connectivity index (χ1v) is 4.00. The van der Waals surface area contributed by atoms with E-state index < -0.39 is 18.4 Å². The van der Waals surface area contributed by atoms with Gasteiger partial charge in [-0.3, -0.25) is 0 Å². The first-order chi connectivity index (χ1) is 6.04. The minimum absolute atomic E-state index is 0.0503. The molecule has 0 saturated heterocycles. The maximum Gasteiger partial charge on any atom is 0.378 e. The molecule has 0 aromatic heterocycles. The Balaban J connectivity index is 3.83. The second-order valence-corrected chi connectivity index (χ2v) is 2.39. The van der Waals surface area contributed by atoms with Gasteiger partial charge in [-0.25, -0.2) is 4.79 Å². The van der Waals surface area contributed by atoms with E-state index in [2.05, 4.69) is 10.1 Å². The number of hydrogen-bond donors (Lipinski definition) is 2. The largest absolute Gasteiger partial charge is 0.462 e. The molecule has 0 unspecified atom stereocenters. The van der Waals surface area contributed by atoms with Gasteiger partial charge in [-0.15, -0.1) is 0 Å². The summed E-state index contributed by atoms with van der Waals surface area (Å²) in [5, 5.41) is 2.34. The molecule has 3 N–H and O–H groups in total. The second kappa shape index (κ2) is 5.82. The van der Waals surface area contributed by atoms with Crippen molar-refractivity contribution in [3.05, 3.63) is 0 Å². The Labute approximate surface area is 75.4 Å². The van der Waals surface area contributed by atoms with Crippen molar-refractivity contribution in [3.63, 3.8) is 0 Å². The van der Waals surface area contributed by atoms with Crippen molar-refractivity contribution in [2.24, 2.45) is 5.73 Å². The van der Waals surface area contributed by atoms with Crippen LogP contribution in [0.25, 0.3) is 0 Å². The minimum Gasteiger partial charge on any atom is -0.462 e. The van der Waals surface area contributed by atoms with Crippen LogP contribution in [-0.4, -0.2) is 38.1 Å². The van der Waals surface area contributed by atoms with Crippen LogP contribution in [0, 0.1) is 0 Å². The fourth-order valence-electron chi connectivity index (χ4n) is 0.656. The SMILES string of the molecule is CCOC(=O)C(F)(F)CNCCN. The summed E-state index contributed by atoms with van der Waals surface area (Å²) >= 11 is 0. The molecule has 0 heterocycles. The number of rotatable bonds is 6. The summed E-state index contributed by atoms with van der Waals surface area (Å²) < 4.78 is 29.7. The predicted molar refractivity (Wildman–Crippen MR) is 43.5 cm³/mol. The van der Waals surface area contributed by atoms with Crippen LogP contribution in [0.3, 0.4) is 0 Å². The fraction of sp³-hybridized carbons (Fsp3) is 0.857. The van der Waals surface area contributed by atoms with E-state index >= 15 is 0 Å². The molecule has 4 nitrogen and oxygen atoms in total. The summed E-state index contributed by atoms with van der Waals surface area (Å²) in [6.07, 6.45) is 0. The first kappa shape index (κ1) is 12.2. The highest BCUT2D eigenvalue weighted by Gasteiger charge is 2.39. The molecule has 0 saturated carbocycles. The van der Waals surface area contributed by atoms with Gasteiger partial charge in [0.2, 0.25) is 0 Å². The lowest BCUT2D eigenvalue weighted by atomic mass is 10.3. The number of ether oxygens (including phenoxy) is 1. The van der Waals surface area contributed by atoms with E-state index in [1.165, 1.54) is 6.92 Å². The third kappa shape index (κ3) is 4.74. The summed E-state index contributed by atoms with van der Waals surface area (Å²) in [6.45, 7) is 1.18. The standard InChI is InChI=1S/C7H14F2N2O2/c1-2-13-6(12)7(8,9)5-11-4-3-10/h11H,2-5,10H2,1H3. The van der Waals surface area contributed by atoms with Gasteiger partial charge in [-0.2, -0.15) is 8.78 Å². The Kier molecular flexibility index (Phi) is 5.48. The van der Waals surface area contributed by atoms with Crippen LogP contribution in [0.15, 0.2) is 0 Å². The van der Waals surface area contributed by atoms with E-state index in [4.69, 9.17) is 5.73 Å². The van der Waals surface area contributed by atoms with Gasteiger partial charge in [0.05, 0.1) is 13.2 Å².